The molecule has 0 unspecified atom stereocenters. The predicted molar refractivity (Wildman–Crippen MR) is 89.6 cm³/mol. The standard InChI is InChI=1S/C18H29N3O/c1-3-7-15(2)20-18(22)16-8-6-12-21(14-16)13-10-17-9-4-5-11-19-17/h4-5,9,11,15-16H,3,6-8,10,12-14H2,1-2H3,(H,20,22)/t15-,16+/m0/s1. The van der Waals surface area contributed by atoms with E-state index >= 15 is 0 Å². The van der Waals surface area contributed by atoms with Crippen molar-refractivity contribution in [3.05, 3.63) is 30.1 Å². The van der Waals surface area contributed by atoms with Crippen molar-refractivity contribution < 1.29 is 4.79 Å². The average Bonchev–Trinajstić information content (AvgIpc) is 2.54. The second kappa shape index (κ2) is 8.89. The number of hydrogen-bond acceptors (Lipinski definition) is 3. The van der Waals surface area contributed by atoms with Crippen LogP contribution in [-0.4, -0.2) is 41.5 Å². The maximum absolute atomic E-state index is 12.4. The number of nitrogens with one attached hydrogen (secondary N) is 1. The molecule has 0 saturated carbocycles. The van der Waals surface area contributed by atoms with Gasteiger partial charge in [-0.05, 0) is 44.9 Å². The molecule has 2 atom stereocenters. The van der Waals surface area contributed by atoms with Gasteiger partial charge in [-0.15, -0.1) is 0 Å². The summed E-state index contributed by atoms with van der Waals surface area (Å²) in [5.41, 5.74) is 1.13. The highest BCUT2D eigenvalue weighted by Crippen LogP contribution is 2.17. The third kappa shape index (κ3) is 5.41. The first-order chi connectivity index (χ1) is 10.7. The van der Waals surface area contributed by atoms with Gasteiger partial charge in [0.05, 0.1) is 5.92 Å². The Morgan fingerprint density at radius 1 is 1.50 bits per heavy atom. The Balaban J connectivity index is 1.77. The summed E-state index contributed by atoms with van der Waals surface area (Å²) in [5, 5.41) is 3.17. The number of rotatable bonds is 7. The van der Waals surface area contributed by atoms with Crippen molar-refractivity contribution in [3.63, 3.8) is 0 Å². The lowest BCUT2D eigenvalue weighted by atomic mass is 9.96. The van der Waals surface area contributed by atoms with Crippen molar-refractivity contribution in [3.8, 4) is 0 Å². The molecule has 0 aromatic carbocycles. The van der Waals surface area contributed by atoms with Gasteiger partial charge in [0, 0.05) is 37.4 Å². The van der Waals surface area contributed by atoms with Crippen molar-refractivity contribution in [2.75, 3.05) is 19.6 Å². The maximum atomic E-state index is 12.4. The highest BCUT2D eigenvalue weighted by Gasteiger charge is 2.26. The monoisotopic (exact) mass is 303 g/mol. The normalized spacial score (nSPS) is 20.5. The fraction of sp³-hybridized carbons (Fsp3) is 0.667. The SMILES string of the molecule is CCC[C@H](C)NC(=O)[C@@H]1CCCN(CCc2ccccn2)C1. The van der Waals surface area contributed by atoms with Gasteiger partial charge in [0.2, 0.25) is 5.91 Å². The van der Waals surface area contributed by atoms with Crippen LogP contribution in [0.3, 0.4) is 0 Å². The Morgan fingerprint density at radius 3 is 3.09 bits per heavy atom. The molecule has 2 rings (SSSR count). The van der Waals surface area contributed by atoms with Gasteiger partial charge in [-0.3, -0.25) is 9.78 Å². The van der Waals surface area contributed by atoms with Gasteiger partial charge in [0.25, 0.3) is 0 Å². The van der Waals surface area contributed by atoms with Gasteiger partial charge in [-0.1, -0.05) is 19.4 Å². The first kappa shape index (κ1) is 16.9. The number of carbonyl (C=O) groups excluding carboxylic acids is 1. The third-order valence-electron chi connectivity index (χ3n) is 4.40. The second-order valence-electron chi connectivity index (χ2n) is 6.41. The predicted octanol–water partition coefficient (Wildman–Crippen LogP) is 2.64. The van der Waals surface area contributed by atoms with Gasteiger partial charge in [-0.2, -0.15) is 0 Å². The molecule has 1 aliphatic rings. The highest BCUT2D eigenvalue weighted by atomic mass is 16.2. The summed E-state index contributed by atoms with van der Waals surface area (Å²) >= 11 is 0. The largest absolute Gasteiger partial charge is 0.353 e. The Labute approximate surface area is 134 Å². The molecule has 22 heavy (non-hydrogen) atoms. The lowest BCUT2D eigenvalue weighted by Gasteiger charge is -2.32. The lowest BCUT2D eigenvalue weighted by molar-refractivity contribution is -0.127. The number of carbonyl (C=O) groups is 1. The van der Waals surface area contributed by atoms with Gasteiger partial charge in [-0.25, -0.2) is 0 Å². The van der Waals surface area contributed by atoms with Gasteiger partial charge in [0.1, 0.15) is 0 Å². The highest BCUT2D eigenvalue weighted by molar-refractivity contribution is 5.79. The van der Waals surface area contributed by atoms with E-state index in [9.17, 15) is 4.79 Å². The first-order valence-electron chi connectivity index (χ1n) is 8.61. The molecule has 1 aromatic heterocycles. The van der Waals surface area contributed by atoms with Crippen LogP contribution in [0.2, 0.25) is 0 Å². The molecule has 2 heterocycles. The zero-order valence-corrected chi connectivity index (χ0v) is 13.9. The van der Waals surface area contributed by atoms with E-state index in [1.54, 1.807) is 0 Å². The van der Waals surface area contributed by atoms with E-state index in [-0.39, 0.29) is 11.8 Å². The molecule has 0 radical (unpaired) electrons. The summed E-state index contributed by atoms with van der Waals surface area (Å²) in [6.07, 6.45) is 7.11. The molecular formula is C18H29N3O. The molecule has 1 aliphatic heterocycles. The van der Waals surface area contributed by atoms with Crippen LogP contribution in [0.4, 0.5) is 0 Å². The molecular weight excluding hydrogens is 274 g/mol. The van der Waals surface area contributed by atoms with Crippen LogP contribution in [0.1, 0.15) is 45.2 Å². The zero-order chi connectivity index (χ0) is 15.8. The van der Waals surface area contributed by atoms with Crippen LogP contribution in [0.25, 0.3) is 0 Å². The van der Waals surface area contributed by atoms with Crippen LogP contribution in [0.5, 0.6) is 0 Å². The molecule has 122 valence electrons. The average molecular weight is 303 g/mol. The molecule has 1 fully saturated rings. The molecule has 1 N–H and O–H groups in total. The molecule has 1 saturated heterocycles. The van der Waals surface area contributed by atoms with Crippen LogP contribution in [0.15, 0.2) is 24.4 Å². The molecule has 0 aliphatic carbocycles. The van der Waals surface area contributed by atoms with Gasteiger partial charge in [0.15, 0.2) is 0 Å². The van der Waals surface area contributed by atoms with Crippen molar-refractivity contribution in [1.82, 2.24) is 15.2 Å². The van der Waals surface area contributed by atoms with Crippen LogP contribution >= 0.6 is 0 Å². The lowest BCUT2D eigenvalue weighted by Crippen LogP contribution is -2.45. The second-order valence-corrected chi connectivity index (χ2v) is 6.41. The molecule has 0 bridgehead atoms. The minimum absolute atomic E-state index is 0.150. The number of hydrogen-bond donors (Lipinski definition) is 1. The number of pyridine rings is 1. The molecule has 4 nitrogen and oxygen atoms in total. The Kier molecular flexibility index (Phi) is 6.84. The van der Waals surface area contributed by atoms with Crippen molar-refractivity contribution in [2.45, 2.75) is 52.0 Å². The molecule has 4 heteroatoms. The fourth-order valence-electron chi connectivity index (χ4n) is 3.16. The summed E-state index contributed by atoms with van der Waals surface area (Å²) in [7, 11) is 0. The summed E-state index contributed by atoms with van der Waals surface area (Å²) in [6.45, 7) is 7.23. The Morgan fingerprint density at radius 2 is 2.36 bits per heavy atom. The fourth-order valence-corrected chi connectivity index (χ4v) is 3.16. The van der Waals surface area contributed by atoms with Crippen LogP contribution < -0.4 is 5.32 Å². The maximum Gasteiger partial charge on any atom is 0.224 e. The molecule has 1 aromatic rings. The van der Waals surface area contributed by atoms with Gasteiger partial charge < -0.3 is 10.2 Å². The number of nitrogens with zero attached hydrogens (tertiary/aromatic N) is 2. The quantitative estimate of drug-likeness (QED) is 0.842. The zero-order valence-electron chi connectivity index (χ0n) is 13.9. The van der Waals surface area contributed by atoms with E-state index in [1.807, 2.05) is 18.3 Å². The van der Waals surface area contributed by atoms with E-state index in [0.29, 0.717) is 6.04 Å². The van der Waals surface area contributed by atoms with Gasteiger partial charge >= 0.3 is 0 Å². The van der Waals surface area contributed by atoms with Crippen molar-refractivity contribution >= 4 is 5.91 Å². The minimum Gasteiger partial charge on any atom is -0.353 e. The van der Waals surface area contributed by atoms with E-state index in [4.69, 9.17) is 0 Å². The Hall–Kier alpha value is -1.42. The van der Waals surface area contributed by atoms with Crippen LogP contribution in [0, 0.1) is 5.92 Å². The van der Waals surface area contributed by atoms with E-state index in [0.717, 1.165) is 57.4 Å². The number of amides is 1. The minimum atomic E-state index is 0.150. The van der Waals surface area contributed by atoms with E-state index in [2.05, 4.69) is 35.1 Å². The summed E-state index contributed by atoms with van der Waals surface area (Å²) < 4.78 is 0. The Bertz CT molecular complexity index is 449. The van der Waals surface area contributed by atoms with Crippen LogP contribution in [-0.2, 0) is 11.2 Å². The first-order valence-corrected chi connectivity index (χ1v) is 8.61. The van der Waals surface area contributed by atoms with E-state index < -0.39 is 0 Å². The summed E-state index contributed by atoms with van der Waals surface area (Å²) in [6, 6.07) is 6.34. The number of likely N-dealkylation sites (tertiary alicyclic amines) is 1. The number of aromatic nitrogens is 1. The third-order valence-corrected chi connectivity index (χ3v) is 4.40. The topological polar surface area (TPSA) is 45.2 Å². The number of piperidine rings is 1. The van der Waals surface area contributed by atoms with E-state index in [1.165, 1.54) is 0 Å². The smallest absolute Gasteiger partial charge is 0.224 e. The summed E-state index contributed by atoms with van der Waals surface area (Å²) in [4.78, 5) is 19.1. The van der Waals surface area contributed by atoms with Crippen molar-refractivity contribution in [1.29, 1.82) is 0 Å². The molecule has 0 spiro atoms. The van der Waals surface area contributed by atoms with Crippen molar-refractivity contribution in [2.24, 2.45) is 5.92 Å². The summed E-state index contributed by atoms with van der Waals surface area (Å²) in [5.74, 6) is 0.389. The molecule has 1 amide bonds.